The third-order valence-corrected chi connectivity index (χ3v) is 6.63. The van der Waals surface area contributed by atoms with Crippen LogP contribution in [0.3, 0.4) is 0 Å². The fourth-order valence-corrected chi connectivity index (χ4v) is 4.87. The molecular weight excluding hydrogens is 504 g/mol. The van der Waals surface area contributed by atoms with Gasteiger partial charge in [0, 0.05) is 35.0 Å². The van der Waals surface area contributed by atoms with Crippen molar-refractivity contribution in [3.05, 3.63) is 76.8 Å². The summed E-state index contributed by atoms with van der Waals surface area (Å²) in [5, 5.41) is 16.1. The van der Waals surface area contributed by atoms with Crippen LogP contribution in [-0.4, -0.2) is 30.5 Å². The molecule has 0 radical (unpaired) electrons. The minimum atomic E-state index is -3.79. The van der Waals surface area contributed by atoms with Gasteiger partial charge in [0.25, 0.3) is 5.69 Å². The van der Waals surface area contributed by atoms with Gasteiger partial charge in [0.15, 0.2) is 0 Å². The van der Waals surface area contributed by atoms with E-state index in [-0.39, 0.29) is 30.2 Å². The zero-order chi connectivity index (χ0) is 25.2. The molecule has 0 saturated heterocycles. The van der Waals surface area contributed by atoms with Crippen LogP contribution in [-0.2, 0) is 14.8 Å². The smallest absolute Gasteiger partial charge is 0.271 e. The Morgan fingerprint density at radius 1 is 1.03 bits per heavy atom. The molecule has 0 saturated carbocycles. The fourth-order valence-electron chi connectivity index (χ4n) is 3.90. The first-order valence-corrected chi connectivity index (χ1v) is 12.9. The predicted molar refractivity (Wildman–Crippen MR) is 145 cm³/mol. The van der Waals surface area contributed by atoms with Crippen LogP contribution in [0.15, 0.2) is 66.7 Å². The number of carbonyl (C=O) groups excluding carboxylic acids is 1. The van der Waals surface area contributed by atoms with E-state index in [2.05, 4.69) is 10.3 Å². The Labute approximate surface area is 214 Å². The molecule has 0 unspecified atom stereocenters. The molecule has 1 amide bonds. The van der Waals surface area contributed by atoms with Gasteiger partial charge >= 0.3 is 0 Å². The van der Waals surface area contributed by atoms with E-state index >= 15 is 0 Å². The number of aromatic nitrogens is 1. The number of nitrogens with zero attached hydrogens (tertiary/aromatic N) is 3. The Morgan fingerprint density at radius 3 is 2.33 bits per heavy atom. The number of halogens is 1. The molecule has 11 heteroatoms. The topological polar surface area (TPSA) is 123 Å². The molecule has 4 aromatic rings. The number of hydrogen-bond donors (Lipinski definition) is 1. The lowest BCUT2D eigenvalue weighted by molar-refractivity contribution is -0.384. The number of nitrogens with one attached hydrogen (secondary N) is 1. The van der Waals surface area contributed by atoms with Gasteiger partial charge in [0.2, 0.25) is 15.9 Å². The van der Waals surface area contributed by atoms with E-state index in [1.54, 1.807) is 30.3 Å². The minimum Gasteiger partial charge on any atom is -0.354 e. The number of sulfonamides is 1. The minimum absolute atomic E-state index is 0. The number of unbranched alkanes of at least 4 members (excludes halogenated alkanes) is 1. The predicted octanol–water partition coefficient (Wildman–Crippen LogP) is 5.94. The molecule has 1 aromatic heterocycles. The lowest BCUT2D eigenvalue weighted by Gasteiger charge is -2.21. The molecule has 1 heterocycles. The maximum atomic E-state index is 12.6. The number of nitro groups is 1. The summed E-state index contributed by atoms with van der Waals surface area (Å²) in [6, 6.07) is 18.5. The summed E-state index contributed by atoms with van der Waals surface area (Å²) in [6.07, 6.45) is 2.54. The van der Waals surface area contributed by atoms with Crippen LogP contribution in [0.4, 0.5) is 22.7 Å². The summed E-state index contributed by atoms with van der Waals surface area (Å²) in [6.45, 7) is 1.93. The molecule has 4 rings (SSSR count). The molecule has 0 atom stereocenters. The molecule has 36 heavy (non-hydrogen) atoms. The van der Waals surface area contributed by atoms with Crippen molar-refractivity contribution in [1.82, 2.24) is 4.98 Å². The first kappa shape index (κ1) is 26.8. The van der Waals surface area contributed by atoms with Crippen molar-refractivity contribution in [1.29, 1.82) is 0 Å². The van der Waals surface area contributed by atoms with Crippen LogP contribution in [0, 0.1) is 10.1 Å². The molecule has 9 nitrogen and oxygen atoms in total. The molecule has 0 aliphatic carbocycles. The largest absolute Gasteiger partial charge is 0.354 e. The zero-order valence-electron chi connectivity index (χ0n) is 19.7. The molecule has 3 aromatic carbocycles. The van der Waals surface area contributed by atoms with Gasteiger partial charge in [-0.1, -0.05) is 31.5 Å². The second-order valence-corrected chi connectivity index (χ2v) is 9.99. The summed E-state index contributed by atoms with van der Waals surface area (Å²) in [4.78, 5) is 27.9. The van der Waals surface area contributed by atoms with Gasteiger partial charge in [0.05, 0.1) is 33.6 Å². The molecule has 0 aliphatic rings. The number of benzene rings is 3. The van der Waals surface area contributed by atoms with Crippen LogP contribution < -0.4 is 9.62 Å². The Balaban J connectivity index is 0.00000361. The van der Waals surface area contributed by atoms with Gasteiger partial charge in [-0.05, 0) is 42.8 Å². The first-order chi connectivity index (χ1) is 16.7. The van der Waals surface area contributed by atoms with Crippen molar-refractivity contribution in [2.75, 3.05) is 15.9 Å². The van der Waals surface area contributed by atoms with Crippen LogP contribution >= 0.6 is 12.4 Å². The summed E-state index contributed by atoms with van der Waals surface area (Å²) in [7, 11) is -3.79. The van der Waals surface area contributed by atoms with Crippen LogP contribution in [0.2, 0.25) is 0 Å². The highest BCUT2D eigenvalue weighted by molar-refractivity contribution is 7.92. The van der Waals surface area contributed by atoms with Crippen molar-refractivity contribution in [2.45, 2.75) is 26.2 Å². The van der Waals surface area contributed by atoms with E-state index in [4.69, 9.17) is 0 Å². The molecule has 1 N–H and O–H groups in total. The Hall–Kier alpha value is -3.76. The van der Waals surface area contributed by atoms with E-state index in [0.717, 1.165) is 22.4 Å². The molecule has 188 valence electrons. The highest BCUT2D eigenvalue weighted by Crippen LogP contribution is 2.35. The number of nitro benzene ring substituents is 1. The second kappa shape index (κ2) is 10.9. The van der Waals surface area contributed by atoms with Gasteiger partial charge in [-0.3, -0.25) is 14.9 Å². The number of fused-ring (bicyclic) bond motifs is 2. The number of para-hydroxylation sites is 1. The normalized spacial score (nSPS) is 11.2. The zero-order valence-corrected chi connectivity index (χ0v) is 21.3. The SMILES string of the molecule is CCCCC(=O)N(c1ccc(Nc2c3ccccc3nc3cc([N+](=O)[O-])ccc23)cc1)S(C)(=O)=O.Cl. The van der Waals surface area contributed by atoms with Gasteiger partial charge in [0.1, 0.15) is 0 Å². The Bertz CT molecular complexity index is 1540. The number of rotatable bonds is 8. The van der Waals surface area contributed by atoms with Gasteiger partial charge < -0.3 is 5.32 Å². The highest BCUT2D eigenvalue weighted by Gasteiger charge is 2.24. The lowest BCUT2D eigenvalue weighted by Crippen LogP contribution is -2.35. The van der Waals surface area contributed by atoms with E-state index < -0.39 is 20.9 Å². The standard InChI is InChI=1S/C25H24N4O5S.ClH/c1-3-4-9-24(30)28(35(2,33)34)18-12-10-17(11-13-18)26-25-20-7-5-6-8-22(20)27-23-16-19(29(31)32)14-15-21(23)25;/h5-8,10-16H,3-4,9H2,1-2H3,(H,26,27);1H. The van der Waals surface area contributed by atoms with Crippen LogP contribution in [0.5, 0.6) is 0 Å². The van der Waals surface area contributed by atoms with Crippen LogP contribution in [0.25, 0.3) is 21.8 Å². The number of non-ortho nitro benzene ring substituents is 1. The number of hydrogen-bond acceptors (Lipinski definition) is 7. The average Bonchev–Trinajstić information content (AvgIpc) is 2.82. The quantitative estimate of drug-likeness (QED) is 0.170. The number of amides is 1. The van der Waals surface area contributed by atoms with E-state index in [9.17, 15) is 23.3 Å². The molecule has 0 fully saturated rings. The second-order valence-electron chi connectivity index (χ2n) is 8.16. The summed E-state index contributed by atoms with van der Waals surface area (Å²) in [5.74, 6) is -0.470. The van der Waals surface area contributed by atoms with E-state index in [1.165, 1.54) is 12.1 Å². The number of pyridine rings is 1. The van der Waals surface area contributed by atoms with Gasteiger partial charge in [-0.2, -0.15) is 0 Å². The molecular formula is C25H25ClN4O5S. The Kier molecular flexibility index (Phi) is 8.11. The molecule has 0 bridgehead atoms. The number of anilines is 3. The summed E-state index contributed by atoms with van der Waals surface area (Å²) < 4.78 is 25.5. The van der Waals surface area contributed by atoms with Crippen molar-refractivity contribution >= 4 is 72.9 Å². The van der Waals surface area contributed by atoms with Gasteiger partial charge in [-0.25, -0.2) is 17.7 Å². The summed E-state index contributed by atoms with van der Waals surface area (Å²) in [5.41, 5.74) is 2.72. The summed E-state index contributed by atoms with van der Waals surface area (Å²) >= 11 is 0. The van der Waals surface area contributed by atoms with Crippen molar-refractivity contribution in [2.24, 2.45) is 0 Å². The monoisotopic (exact) mass is 528 g/mol. The fraction of sp³-hybridized carbons (Fsp3) is 0.200. The highest BCUT2D eigenvalue weighted by atomic mass is 35.5. The molecule has 0 spiro atoms. The number of carbonyl (C=O) groups is 1. The van der Waals surface area contributed by atoms with Crippen molar-refractivity contribution in [3.8, 4) is 0 Å². The Morgan fingerprint density at radius 2 is 1.69 bits per heavy atom. The lowest BCUT2D eigenvalue weighted by atomic mass is 10.1. The van der Waals surface area contributed by atoms with Crippen molar-refractivity contribution < 1.29 is 18.1 Å². The van der Waals surface area contributed by atoms with Gasteiger partial charge in [-0.15, -0.1) is 12.4 Å². The first-order valence-electron chi connectivity index (χ1n) is 11.1. The maximum absolute atomic E-state index is 12.6. The van der Waals surface area contributed by atoms with Crippen molar-refractivity contribution in [3.63, 3.8) is 0 Å². The van der Waals surface area contributed by atoms with E-state index in [0.29, 0.717) is 34.2 Å². The third kappa shape index (κ3) is 5.55. The van der Waals surface area contributed by atoms with Crippen LogP contribution in [0.1, 0.15) is 26.2 Å². The average molecular weight is 529 g/mol. The molecule has 0 aliphatic heterocycles. The van der Waals surface area contributed by atoms with E-state index in [1.807, 2.05) is 31.2 Å². The third-order valence-electron chi connectivity index (χ3n) is 5.55. The maximum Gasteiger partial charge on any atom is 0.271 e.